The molecule has 7 heteroatoms. The number of hydrogen-bond donors (Lipinski definition) is 1. The smallest absolute Gasteiger partial charge is 0.305 e. The van der Waals surface area contributed by atoms with Gasteiger partial charge in [0, 0.05) is 41.3 Å². The Labute approximate surface area is 157 Å². The molecule has 0 radical (unpaired) electrons. The summed E-state index contributed by atoms with van der Waals surface area (Å²) >= 11 is 6.08. The molecule has 1 aromatic carbocycles. The fourth-order valence-electron chi connectivity index (χ4n) is 2.59. The van der Waals surface area contributed by atoms with E-state index in [0.717, 1.165) is 16.8 Å². The zero-order valence-corrected chi connectivity index (χ0v) is 15.1. The highest BCUT2D eigenvalue weighted by Gasteiger charge is 2.20. The average molecular weight is 371 g/mol. The van der Waals surface area contributed by atoms with Gasteiger partial charge in [-0.05, 0) is 42.3 Å². The van der Waals surface area contributed by atoms with Crippen LogP contribution in [0, 0.1) is 0 Å². The van der Waals surface area contributed by atoms with E-state index in [4.69, 9.17) is 21.3 Å². The summed E-state index contributed by atoms with van der Waals surface area (Å²) in [4.78, 5) is 24.9. The number of fused-ring (bicyclic) bond motifs is 1. The van der Waals surface area contributed by atoms with Crippen molar-refractivity contribution in [2.45, 2.75) is 25.4 Å². The van der Waals surface area contributed by atoms with Gasteiger partial charge in [0.2, 0.25) is 0 Å². The number of methoxy groups -OCH3 is 1. The van der Waals surface area contributed by atoms with Gasteiger partial charge in [-0.1, -0.05) is 11.6 Å². The van der Waals surface area contributed by atoms with Gasteiger partial charge in [0.05, 0.1) is 13.7 Å². The van der Waals surface area contributed by atoms with E-state index in [1.807, 2.05) is 30.3 Å². The molecule has 0 unspecified atom stereocenters. The molecular weight excluding hydrogens is 352 g/mol. The van der Waals surface area contributed by atoms with Crippen LogP contribution < -0.4 is 5.32 Å². The molecule has 1 N–H and O–H groups in total. The summed E-state index contributed by atoms with van der Waals surface area (Å²) < 4.78 is 4.74. The Balaban J connectivity index is 1.86. The topological polar surface area (TPSA) is 75.9 Å². The van der Waals surface area contributed by atoms with E-state index >= 15 is 0 Å². The summed E-state index contributed by atoms with van der Waals surface area (Å²) in [5.41, 5.74) is 2.81. The third kappa shape index (κ3) is 4.67. The Bertz CT molecular complexity index is 837. The minimum Gasteiger partial charge on any atom is -0.469 e. The number of anilines is 1. The molecular formula is C19H19ClN4O2. The molecule has 2 aromatic rings. The number of aliphatic imine (C=N–C) groups is 2. The van der Waals surface area contributed by atoms with Gasteiger partial charge in [-0.2, -0.15) is 0 Å². The van der Waals surface area contributed by atoms with Gasteiger partial charge in [0.1, 0.15) is 11.9 Å². The molecule has 2 heterocycles. The number of esters is 1. The lowest BCUT2D eigenvalue weighted by atomic mass is 10.1. The Hall–Kier alpha value is -2.73. The number of benzodiazepines with no additional fused rings is 1. The maximum absolute atomic E-state index is 11.5. The largest absolute Gasteiger partial charge is 0.469 e. The first-order valence-corrected chi connectivity index (χ1v) is 8.63. The van der Waals surface area contributed by atoms with Crippen LogP contribution >= 0.6 is 11.6 Å². The van der Waals surface area contributed by atoms with Gasteiger partial charge in [0.25, 0.3) is 0 Å². The molecule has 0 aliphatic carbocycles. The van der Waals surface area contributed by atoms with Gasteiger partial charge in [-0.25, -0.2) is 0 Å². The van der Waals surface area contributed by atoms with Crippen LogP contribution in [-0.4, -0.2) is 36.2 Å². The van der Waals surface area contributed by atoms with Crippen LogP contribution in [0.4, 0.5) is 5.69 Å². The predicted molar refractivity (Wildman–Crippen MR) is 103 cm³/mol. The minimum absolute atomic E-state index is 0.262. The van der Waals surface area contributed by atoms with E-state index in [2.05, 4.69) is 15.3 Å². The monoisotopic (exact) mass is 370 g/mol. The highest BCUT2D eigenvalue weighted by Crippen LogP contribution is 2.23. The summed E-state index contributed by atoms with van der Waals surface area (Å²) in [7, 11) is 1.38. The number of pyridine rings is 1. The lowest BCUT2D eigenvalue weighted by Gasteiger charge is -2.15. The zero-order chi connectivity index (χ0) is 18.4. The number of ether oxygens (including phenoxy) is 1. The Morgan fingerprint density at radius 3 is 2.88 bits per heavy atom. The second kappa shape index (κ2) is 8.58. The molecule has 0 amide bonds. The van der Waals surface area contributed by atoms with Gasteiger partial charge in [0.15, 0.2) is 0 Å². The number of nitrogens with zero attached hydrogens (tertiary/aromatic N) is 3. The number of hydrogen-bond acceptors (Lipinski definition) is 5. The lowest BCUT2D eigenvalue weighted by molar-refractivity contribution is -0.140. The fourth-order valence-corrected chi connectivity index (χ4v) is 2.77. The molecule has 1 aliphatic rings. The Morgan fingerprint density at radius 2 is 2.12 bits per heavy atom. The van der Waals surface area contributed by atoms with Crippen molar-refractivity contribution in [1.29, 1.82) is 0 Å². The molecule has 1 atom stereocenters. The van der Waals surface area contributed by atoms with Gasteiger partial charge in [-0.15, -0.1) is 0 Å². The normalized spacial score (nSPS) is 17.3. The number of amidine groups is 1. The molecule has 0 fully saturated rings. The quantitative estimate of drug-likeness (QED) is 0.817. The third-order valence-electron chi connectivity index (χ3n) is 4.02. The zero-order valence-electron chi connectivity index (χ0n) is 14.4. The number of nitrogens with one attached hydrogen (secondary N) is 1. The van der Waals surface area contributed by atoms with Crippen LogP contribution in [0.3, 0.4) is 0 Å². The minimum atomic E-state index is -0.265. The molecule has 3 rings (SSSR count). The first-order valence-electron chi connectivity index (χ1n) is 8.25. The van der Waals surface area contributed by atoms with Crippen LogP contribution in [0.2, 0.25) is 5.02 Å². The molecule has 0 saturated carbocycles. The third-order valence-corrected chi connectivity index (χ3v) is 4.25. The molecule has 26 heavy (non-hydrogen) atoms. The van der Waals surface area contributed by atoms with Crippen molar-refractivity contribution in [3.8, 4) is 0 Å². The number of carbonyl (C=O) groups excluding carboxylic acids is 1. The van der Waals surface area contributed by atoms with Crippen molar-refractivity contribution < 1.29 is 9.53 Å². The van der Waals surface area contributed by atoms with Crippen LogP contribution in [0.5, 0.6) is 0 Å². The van der Waals surface area contributed by atoms with E-state index in [0.29, 0.717) is 23.8 Å². The van der Waals surface area contributed by atoms with E-state index in [1.165, 1.54) is 7.11 Å². The predicted octanol–water partition coefficient (Wildman–Crippen LogP) is 3.50. The summed E-state index contributed by atoms with van der Waals surface area (Å²) in [6.07, 6.45) is 6.02. The number of rotatable bonds is 5. The van der Waals surface area contributed by atoms with Crippen molar-refractivity contribution in [2.75, 3.05) is 12.4 Å². The second-order valence-electron chi connectivity index (χ2n) is 5.82. The van der Waals surface area contributed by atoms with Crippen molar-refractivity contribution in [3.63, 3.8) is 0 Å². The average Bonchev–Trinajstić information content (AvgIpc) is 2.84. The van der Waals surface area contributed by atoms with Gasteiger partial charge in [-0.3, -0.25) is 19.8 Å². The SMILES string of the molecule is COC(=O)CC[C@@H]1N=Cc2cc(Cl)ccc2NC1=NCc1ccncc1. The summed E-state index contributed by atoms with van der Waals surface area (Å²) in [6.45, 7) is 0.498. The van der Waals surface area contributed by atoms with E-state index in [1.54, 1.807) is 18.6 Å². The molecule has 0 saturated heterocycles. The molecule has 1 aliphatic heterocycles. The van der Waals surface area contributed by atoms with Crippen LogP contribution in [0.15, 0.2) is 52.7 Å². The summed E-state index contributed by atoms with van der Waals surface area (Å²) in [5, 5.41) is 3.99. The summed E-state index contributed by atoms with van der Waals surface area (Å²) in [5.74, 6) is 0.446. The molecule has 6 nitrogen and oxygen atoms in total. The van der Waals surface area contributed by atoms with Crippen LogP contribution in [0.25, 0.3) is 0 Å². The fraction of sp³-hybridized carbons (Fsp3) is 0.263. The highest BCUT2D eigenvalue weighted by molar-refractivity contribution is 6.31. The maximum Gasteiger partial charge on any atom is 0.305 e. The number of aromatic nitrogens is 1. The molecule has 1 aromatic heterocycles. The lowest BCUT2D eigenvalue weighted by Crippen LogP contribution is -2.27. The standard InChI is InChI=1S/C19H19ClN4O2/c1-26-18(25)5-4-17-19(23-11-13-6-8-21-9-7-13)24-16-3-2-15(20)10-14(16)12-22-17/h2-3,6-10,12,17H,4-5,11H2,1H3,(H,23,24)/t17-/m0/s1. The number of carbonyl (C=O) groups is 1. The summed E-state index contributed by atoms with van der Waals surface area (Å²) in [6, 6.07) is 9.13. The maximum atomic E-state index is 11.5. The van der Waals surface area contributed by atoms with Gasteiger partial charge < -0.3 is 10.1 Å². The highest BCUT2D eigenvalue weighted by atomic mass is 35.5. The first kappa shape index (κ1) is 18.1. The number of halogens is 1. The van der Waals surface area contributed by atoms with Crippen LogP contribution in [-0.2, 0) is 16.1 Å². The van der Waals surface area contributed by atoms with E-state index < -0.39 is 0 Å². The first-order chi connectivity index (χ1) is 12.7. The van der Waals surface area contributed by atoms with Crippen molar-refractivity contribution in [3.05, 3.63) is 58.9 Å². The second-order valence-corrected chi connectivity index (χ2v) is 6.26. The van der Waals surface area contributed by atoms with Crippen molar-refractivity contribution in [1.82, 2.24) is 4.98 Å². The van der Waals surface area contributed by atoms with Crippen molar-refractivity contribution in [2.24, 2.45) is 9.98 Å². The molecule has 0 spiro atoms. The van der Waals surface area contributed by atoms with Crippen LogP contribution in [0.1, 0.15) is 24.0 Å². The van der Waals surface area contributed by atoms with E-state index in [9.17, 15) is 4.79 Å². The van der Waals surface area contributed by atoms with E-state index in [-0.39, 0.29) is 18.4 Å². The molecule has 0 bridgehead atoms. The van der Waals surface area contributed by atoms with Gasteiger partial charge >= 0.3 is 5.97 Å². The Morgan fingerprint density at radius 1 is 1.31 bits per heavy atom. The Kier molecular flexibility index (Phi) is 5.96. The molecule has 134 valence electrons. The number of benzene rings is 1. The van der Waals surface area contributed by atoms with Crippen molar-refractivity contribution >= 4 is 35.3 Å².